The molecule has 0 aliphatic heterocycles. The molecule has 0 spiro atoms. The number of carbonyl (C=O) groups is 1. The molecule has 2 N–H and O–H groups in total. The van der Waals surface area contributed by atoms with E-state index in [2.05, 4.69) is 15.6 Å². The van der Waals surface area contributed by atoms with Gasteiger partial charge in [-0.15, -0.1) is 0 Å². The molecule has 0 aliphatic carbocycles. The van der Waals surface area contributed by atoms with E-state index in [0.29, 0.717) is 34.4 Å². The number of hydrogen-bond donors (Lipinski definition) is 2. The molecule has 0 bridgehead atoms. The van der Waals surface area contributed by atoms with Gasteiger partial charge >= 0.3 is 0 Å². The fourth-order valence-corrected chi connectivity index (χ4v) is 2.73. The monoisotopic (exact) mass is 397 g/mol. The fourth-order valence-electron chi connectivity index (χ4n) is 2.56. The van der Waals surface area contributed by atoms with Crippen molar-refractivity contribution in [3.05, 3.63) is 71.4 Å². The number of anilines is 3. The first-order valence-electron chi connectivity index (χ1n) is 8.70. The van der Waals surface area contributed by atoms with E-state index in [1.807, 2.05) is 31.2 Å². The zero-order valence-electron chi connectivity index (χ0n) is 15.5. The summed E-state index contributed by atoms with van der Waals surface area (Å²) in [6.07, 6.45) is 1.57. The summed E-state index contributed by atoms with van der Waals surface area (Å²) in [6.45, 7) is 2.55. The van der Waals surface area contributed by atoms with E-state index in [4.69, 9.17) is 21.1 Å². The van der Waals surface area contributed by atoms with Crippen molar-refractivity contribution in [3.63, 3.8) is 0 Å². The molecule has 0 fully saturated rings. The Morgan fingerprint density at radius 1 is 1.11 bits per heavy atom. The van der Waals surface area contributed by atoms with Gasteiger partial charge in [0.1, 0.15) is 17.3 Å². The standard InChI is InChI=1S/C21H20ClN3O3/c1-3-28-17-7-5-16(6-8-17)24-20-12-14(10-11-23-20)21(26)25-18-13-15(22)4-9-19(18)27-2/h4-13H,3H2,1-2H3,(H,23,24)(H,25,26). The van der Waals surface area contributed by atoms with Crippen molar-refractivity contribution in [1.29, 1.82) is 0 Å². The van der Waals surface area contributed by atoms with Gasteiger partial charge in [-0.25, -0.2) is 4.98 Å². The van der Waals surface area contributed by atoms with Gasteiger partial charge in [0.2, 0.25) is 0 Å². The van der Waals surface area contributed by atoms with E-state index < -0.39 is 0 Å². The third kappa shape index (κ3) is 4.92. The first-order valence-corrected chi connectivity index (χ1v) is 9.07. The molecule has 28 heavy (non-hydrogen) atoms. The Hall–Kier alpha value is -3.25. The second kappa shape index (κ2) is 9.10. The molecule has 1 heterocycles. The number of pyridine rings is 1. The Balaban J connectivity index is 1.73. The minimum absolute atomic E-state index is 0.294. The Labute approximate surface area is 168 Å². The van der Waals surface area contributed by atoms with E-state index in [1.54, 1.807) is 36.5 Å². The van der Waals surface area contributed by atoms with E-state index in [9.17, 15) is 4.79 Å². The summed E-state index contributed by atoms with van der Waals surface area (Å²) >= 11 is 6.01. The number of benzene rings is 2. The van der Waals surface area contributed by atoms with Crippen LogP contribution in [0.2, 0.25) is 5.02 Å². The second-order valence-corrected chi connectivity index (χ2v) is 6.25. The molecule has 0 unspecified atom stereocenters. The molecule has 0 atom stereocenters. The molecule has 3 aromatic rings. The normalized spacial score (nSPS) is 10.2. The van der Waals surface area contributed by atoms with Crippen LogP contribution in [0.15, 0.2) is 60.8 Å². The van der Waals surface area contributed by atoms with Gasteiger partial charge < -0.3 is 20.1 Å². The lowest BCUT2D eigenvalue weighted by Gasteiger charge is -2.11. The van der Waals surface area contributed by atoms with Crippen molar-refractivity contribution in [2.45, 2.75) is 6.92 Å². The Bertz CT molecular complexity index is 961. The van der Waals surface area contributed by atoms with E-state index >= 15 is 0 Å². The highest BCUT2D eigenvalue weighted by molar-refractivity contribution is 6.31. The van der Waals surface area contributed by atoms with Crippen LogP contribution in [0, 0.1) is 0 Å². The minimum Gasteiger partial charge on any atom is -0.495 e. The van der Waals surface area contributed by atoms with E-state index in [-0.39, 0.29) is 5.91 Å². The van der Waals surface area contributed by atoms with Crippen LogP contribution in [-0.2, 0) is 0 Å². The second-order valence-electron chi connectivity index (χ2n) is 5.81. The fraction of sp³-hybridized carbons (Fsp3) is 0.143. The van der Waals surface area contributed by atoms with Crippen molar-refractivity contribution >= 4 is 34.7 Å². The summed E-state index contributed by atoms with van der Waals surface area (Å²) in [7, 11) is 1.53. The third-order valence-corrected chi connectivity index (χ3v) is 4.10. The summed E-state index contributed by atoms with van der Waals surface area (Å²) in [5.41, 5.74) is 1.79. The number of methoxy groups -OCH3 is 1. The Kier molecular flexibility index (Phi) is 6.34. The van der Waals surface area contributed by atoms with Crippen LogP contribution in [0.5, 0.6) is 11.5 Å². The Morgan fingerprint density at radius 2 is 1.89 bits per heavy atom. The molecule has 1 amide bonds. The first kappa shape index (κ1) is 19.5. The van der Waals surface area contributed by atoms with Crippen molar-refractivity contribution in [1.82, 2.24) is 4.98 Å². The van der Waals surface area contributed by atoms with Crippen LogP contribution in [0.4, 0.5) is 17.2 Å². The average molecular weight is 398 g/mol. The summed E-state index contributed by atoms with van der Waals surface area (Å²) in [5.74, 6) is 1.58. The molecule has 0 saturated heterocycles. The Morgan fingerprint density at radius 3 is 2.61 bits per heavy atom. The van der Waals surface area contributed by atoms with Gasteiger partial charge in [-0.2, -0.15) is 0 Å². The molecular weight excluding hydrogens is 378 g/mol. The van der Waals surface area contributed by atoms with Crippen LogP contribution in [0.3, 0.4) is 0 Å². The number of aromatic nitrogens is 1. The number of nitrogens with one attached hydrogen (secondary N) is 2. The van der Waals surface area contributed by atoms with Crippen LogP contribution in [-0.4, -0.2) is 24.6 Å². The first-order chi connectivity index (χ1) is 13.6. The number of carbonyl (C=O) groups excluding carboxylic acids is 1. The van der Waals surface area contributed by atoms with Gasteiger partial charge in [0.15, 0.2) is 0 Å². The van der Waals surface area contributed by atoms with Crippen molar-refractivity contribution < 1.29 is 14.3 Å². The van der Waals surface area contributed by atoms with Gasteiger partial charge in [-0.1, -0.05) is 11.6 Å². The lowest BCUT2D eigenvalue weighted by Crippen LogP contribution is -2.13. The molecule has 0 saturated carbocycles. The molecule has 6 nitrogen and oxygen atoms in total. The molecule has 1 aromatic heterocycles. The molecule has 0 aliphatic rings. The minimum atomic E-state index is -0.294. The van der Waals surface area contributed by atoms with E-state index in [1.165, 1.54) is 7.11 Å². The molecule has 3 rings (SSSR count). The smallest absolute Gasteiger partial charge is 0.255 e. The predicted octanol–water partition coefficient (Wildman–Crippen LogP) is 5.14. The highest BCUT2D eigenvalue weighted by Gasteiger charge is 2.11. The number of nitrogens with zero attached hydrogens (tertiary/aromatic N) is 1. The SMILES string of the molecule is CCOc1ccc(Nc2cc(C(=O)Nc3cc(Cl)ccc3OC)ccn2)cc1. The van der Waals surface area contributed by atoms with Gasteiger partial charge in [0, 0.05) is 22.5 Å². The quantitative estimate of drug-likeness (QED) is 0.577. The van der Waals surface area contributed by atoms with Gasteiger partial charge in [-0.3, -0.25) is 4.79 Å². The molecule has 7 heteroatoms. The van der Waals surface area contributed by atoms with Crippen LogP contribution in [0.1, 0.15) is 17.3 Å². The number of hydrogen-bond acceptors (Lipinski definition) is 5. The topological polar surface area (TPSA) is 72.5 Å². The molecular formula is C21H20ClN3O3. The maximum Gasteiger partial charge on any atom is 0.255 e. The van der Waals surface area contributed by atoms with Crippen molar-refractivity contribution in [2.24, 2.45) is 0 Å². The zero-order chi connectivity index (χ0) is 19.9. The summed E-state index contributed by atoms with van der Waals surface area (Å²) in [4.78, 5) is 16.9. The van der Waals surface area contributed by atoms with E-state index in [0.717, 1.165) is 11.4 Å². The van der Waals surface area contributed by atoms with Crippen LogP contribution >= 0.6 is 11.6 Å². The summed E-state index contributed by atoms with van der Waals surface area (Å²) in [6, 6.07) is 15.8. The highest BCUT2D eigenvalue weighted by atomic mass is 35.5. The number of amides is 1. The molecule has 2 aromatic carbocycles. The highest BCUT2D eigenvalue weighted by Crippen LogP contribution is 2.28. The lowest BCUT2D eigenvalue weighted by molar-refractivity contribution is 0.102. The number of rotatable bonds is 7. The predicted molar refractivity (Wildman–Crippen MR) is 111 cm³/mol. The lowest BCUT2D eigenvalue weighted by atomic mass is 10.2. The van der Waals surface area contributed by atoms with Crippen LogP contribution in [0.25, 0.3) is 0 Å². The number of halogens is 1. The van der Waals surface area contributed by atoms with Crippen molar-refractivity contribution in [2.75, 3.05) is 24.4 Å². The zero-order valence-corrected chi connectivity index (χ0v) is 16.3. The maximum atomic E-state index is 12.6. The molecule has 144 valence electrons. The van der Waals surface area contributed by atoms with Crippen LogP contribution < -0.4 is 20.1 Å². The maximum absolute atomic E-state index is 12.6. The van der Waals surface area contributed by atoms with Crippen molar-refractivity contribution in [3.8, 4) is 11.5 Å². The van der Waals surface area contributed by atoms with Gasteiger partial charge in [-0.05, 0) is 61.5 Å². The molecule has 0 radical (unpaired) electrons. The largest absolute Gasteiger partial charge is 0.495 e. The summed E-state index contributed by atoms with van der Waals surface area (Å²) in [5, 5.41) is 6.49. The average Bonchev–Trinajstić information content (AvgIpc) is 2.70. The van der Waals surface area contributed by atoms with Gasteiger partial charge in [0.05, 0.1) is 19.4 Å². The number of ether oxygens (including phenoxy) is 2. The van der Waals surface area contributed by atoms with Gasteiger partial charge in [0.25, 0.3) is 5.91 Å². The summed E-state index contributed by atoms with van der Waals surface area (Å²) < 4.78 is 10.7. The third-order valence-electron chi connectivity index (χ3n) is 3.87.